The maximum absolute atomic E-state index is 12.1. The summed E-state index contributed by atoms with van der Waals surface area (Å²) in [5.74, 6) is -1.91. The predicted octanol–water partition coefficient (Wildman–Crippen LogP) is 3.06. The molecule has 0 saturated carbocycles. The Morgan fingerprint density at radius 3 is 2.16 bits per heavy atom. The summed E-state index contributed by atoms with van der Waals surface area (Å²) in [4.78, 5) is 22.9. The number of carboxylic acid groups (broad SMARTS) is 1. The fourth-order valence-corrected chi connectivity index (χ4v) is 2.47. The molecule has 1 heterocycles. The van der Waals surface area contributed by atoms with E-state index in [0.717, 1.165) is 25.3 Å². The number of anilines is 1. The van der Waals surface area contributed by atoms with Gasteiger partial charge in [0.15, 0.2) is 0 Å². The lowest BCUT2D eigenvalue weighted by Crippen LogP contribution is -2.39. The molecule has 5 nitrogen and oxygen atoms in total. The summed E-state index contributed by atoms with van der Waals surface area (Å²) in [7, 11) is 0. The summed E-state index contributed by atoms with van der Waals surface area (Å²) in [6.45, 7) is 4.94. The summed E-state index contributed by atoms with van der Waals surface area (Å²) in [5.41, 5.74) is 1.03. The van der Waals surface area contributed by atoms with Gasteiger partial charge in [0.2, 0.25) is 5.91 Å². The average Bonchev–Trinajstić information content (AvgIpc) is 2.60. The molecule has 0 radical (unpaired) electrons. The number of carboxylic acids is 1. The van der Waals surface area contributed by atoms with Crippen LogP contribution in [0.3, 0.4) is 0 Å². The minimum Gasteiger partial charge on any atom is -0.475 e. The molecule has 25 heavy (non-hydrogen) atoms. The number of carbonyl (C=O) groups excluding carboxylic acids is 1. The van der Waals surface area contributed by atoms with Crippen molar-refractivity contribution in [1.29, 1.82) is 0 Å². The predicted molar refractivity (Wildman–Crippen MR) is 88.4 cm³/mol. The highest BCUT2D eigenvalue weighted by Gasteiger charge is 2.38. The van der Waals surface area contributed by atoms with Crippen LogP contribution in [0.4, 0.5) is 18.9 Å². The van der Waals surface area contributed by atoms with Gasteiger partial charge in [-0.05, 0) is 44.0 Å². The number of nitrogens with one attached hydrogen (secondary N) is 1. The largest absolute Gasteiger partial charge is 0.490 e. The van der Waals surface area contributed by atoms with E-state index in [9.17, 15) is 18.0 Å². The Kier molecular flexibility index (Phi) is 8.40. The van der Waals surface area contributed by atoms with Crippen molar-refractivity contribution in [1.82, 2.24) is 5.32 Å². The van der Waals surface area contributed by atoms with E-state index in [2.05, 4.69) is 5.32 Å². The first-order valence-electron chi connectivity index (χ1n) is 8.12. The lowest BCUT2D eigenvalue weighted by molar-refractivity contribution is -0.192. The summed E-state index contributed by atoms with van der Waals surface area (Å²) < 4.78 is 31.7. The van der Waals surface area contributed by atoms with Crippen molar-refractivity contribution in [3.8, 4) is 0 Å². The zero-order valence-corrected chi connectivity index (χ0v) is 14.1. The Morgan fingerprint density at radius 2 is 1.72 bits per heavy atom. The van der Waals surface area contributed by atoms with Gasteiger partial charge in [-0.2, -0.15) is 13.2 Å². The van der Waals surface area contributed by atoms with Crippen LogP contribution in [0.2, 0.25) is 0 Å². The summed E-state index contributed by atoms with van der Waals surface area (Å²) >= 11 is 0. The molecule has 1 aliphatic rings. The van der Waals surface area contributed by atoms with Crippen LogP contribution in [0.5, 0.6) is 0 Å². The Balaban J connectivity index is 0.000000381. The number of carbonyl (C=O) groups is 2. The first-order chi connectivity index (χ1) is 11.8. The van der Waals surface area contributed by atoms with E-state index in [1.165, 1.54) is 12.8 Å². The molecule has 1 aliphatic heterocycles. The third kappa shape index (κ3) is 7.55. The molecule has 140 valence electrons. The van der Waals surface area contributed by atoms with E-state index in [-0.39, 0.29) is 5.91 Å². The van der Waals surface area contributed by atoms with Crippen molar-refractivity contribution >= 4 is 17.6 Å². The highest BCUT2D eigenvalue weighted by atomic mass is 19.4. The molecule has 1 aromatic rings. The van der Waals surface area contributed by atoms with Crippen LogP contribution in [0.1, 0.15) is 26.2 Å². The smallest absolute Gasteiger partial charge is 0.475 e. The lowest BCUT2D eigenvalue weighted by Gasteiger charge is -2.30. The molecule has 1 aromatic carbocycles. The summed E-state index contributed by atoms with van der Waals surface area (Å²) in [5, 5.41) is 10.5. The number of nitrogens with zero attached hydrogens (tertiary/aromatic N) is 1. The van der Waals surface area contributed by atoms with Crippen molar-refractivity contribution < 1.29 is 27.9 Å². The maximum atomic E-state index is 12.1. The van der Waals surface area contributed by atoms with Gasteiger partial charge in [0.1, 0.15) is 0 Å². The van der Waals surface area contributed by atoms with E-state index in [4.69, 9.17) is 9.90 Å². The van der Waals surface area contributed by atoms with Crippen LogP contribution < -0.4 is 10.2 Å². The van der Waals surface area contributed by atoms with E-state index in [0.29, 0.717) is 12.3 Å². The van der Waals surface area contributed by atoms with Crippen molar-refractivity contribution in [3.05, 3.63) is 30.3 Å². The van der Waals surface area contributed by atoms with Crippen molar-refractivity contribution in [2.75, 3.05) is 24.5 Å². The molecular weight excluding hydrogens is 337 g/mol. The topological polar surface area (TPSA) is 69.6 Å². The van der Waals surface area contributed by atoms with Crippen LogP contribution in [0.15, 0.2) is 30.3 Å². The van der Waals surface area contributed by atoms with Gasteiger partial charge in [-0.15, -0.1) is 0 Å². The zero-order chi connectivity index (χ0) is 18.9. The molecule has 8 heteroatoms. The SMILES string of the molecule is CCC(=O)N(CC1CCNCC1)c1ccccc1.O=C(O)C(F)(F)F. The van der Waals surface area contributed by atoms with Crippen molar-refractivity contribution in [2.24, 2.45) is 5.92 Å². The monoisotopic (exact) mass is 360 g/mol. The number of rotatable bonds is 4. The molecule has 0 spiro atoms. The number of para-hydroxylation sites is 1. The molecule has 2 rings (SSSR count). The van der Waals surface area contributed by atoms with Gasteiger partial charge >= 0.3 is 12.1 Å². The van der Waals surface area contributed by atoms with Crippen LogP contribution in [0.25, 0.3) is 0 Å². The van der Waals surface area contributed by atoms with Gasteiger partial charge in [0.25, 0.3) is 0 Å². The second-order valence-corrected chi connectivity index (χ2v) is 5.69. The average molecular weight is 360 g/mol. The quantitative estimate of drug-likeness (QED) is 0.866. The number of hydrogen-bond acceptors (Lipinski definition) is 3. The highest BCUT2D eigenvalue weighted by molar-refractivity contribution is 5.93. The second kappa shape index (κ2) is 10.0. The molecule has 0 aliphatic carbocycles. The van der Waals surface area contributed by atoms with Gasteiger partial charge in [0.05, 0.1) is 0 Å². The number of amides is 1. The molecule has 1 fully saturated rings. The fraction of sp³-hybridized carbons (Fsp3) is 0.529. The van der Waals surface area contributed by atoms with Gasteiger partial charge in [-0.1, -0.05) is 25.1 Å². The minimum absolute atomic E-state index is 0.222. The lowest BCUT2D eigenvalue weighted by atomic mass is 9.97. The van der Waals surface area contributed by atoms with E-state index in [1.54, 1.807) is 0 Å². The molecular formula is C17H23F3N2O3. The summed E-state index contributed by atoms with van der Waals surface area (Å²) in [6.07, 6.45) is -2.18. The molecule has 0 unspecified atom stereocenters. The first-order valence-corrected chi connectivity index (χ1v) is 8.12. The zero-order valence-electron chi connectivity index (χ0n) is 14.1. The normalized spacial score (nSPS) is 15.0. The molecule has 2 N–H and O–H groups in total. The van der Waals surface area contributed by atoms with Crippen molar-refractivity contribution in [2.45, 2.75) is 32.4 Å². The molecule has 1 saturated heterocycles. The Hall–Kier alpha value is -2.09. The van der Waals surface area contributed by atoms with Crippen LogP contribution in [0, 0.1) is 5.92 Å². The van der Waals surface area contributed by atoms with Gasteiger partial charge in [-0.25, -0.2) is 4.79 Å². The Bertz CT molecular complexity index is 544. The third-order valence-corrected chi connectivity index (χ3v) is 3.81. The van der Waals surface area contributed by atoms with Crippen LogP contribution >= 0.6 is 0 Å². The molecule has 0 aromatic heterocycles. The standard InChI is InChI=1S/C15H22N2O.C2HF3O2/c1-2-15(18)17(14-6-4-3-5-7-14)12-13-8-10-16-11-9-13;3-2(4,5)1(6)7/h3-7,13,16H,2,8-12H2,1H3;(H,6,7). The molecule has 0 atom stereocenters. The highest BCUT2D eigenvalue weighted by Crippen LogP contribution is 2.20. The van der Waals surface area contributed by atoms with Crippen LogP contribution in [-0.4, -0.2) is 42.8 Å². The van der Waals surface area contributed by atoms with E-state index in [1.807, 2.05) is 42.2 Å². The van der Waals surface area contributed by atoms with E-state index >= 15 is 0 Å². The number of benzene rings is 1. The van der Waals surface area contributed by atoms with E-state index < -0.39 is 12.1 Å². The molecule has 1 amide bonds. The third-order valence-electron chi connectivity index (χ3n) is 3.81. The number of aliphatic carboxylic acids is 1. The Morgan fingerprint density at radius 1 is 1.20 bits per heavy atom. The number of hydrogen-bond donors (Lipinski definition) is 2. The molecule has 0 bridgehead atoms. The number of piperidine rings is 1. The number of halogens is 3. The summed E-state index contributed by atoms with van der Waals surface area (Å²) in [6, 6.07) is 10.0. The van der Waals surface area contributed by atoms with Crippen molar-refractivity contribution in [3.63, 3.8) is 0 Å². The minimum atomic E-state index is -5.08. The Labute approximate surface area is 144 Å². The fourth-order valence-electron chi connectivity index (χ4n) is 2.47. The van der Waals surface area contributed by atoms with Gasteiger partial charge in [-0.3, -0.25) is 4.79 Å². The number of alkyl halides is 3. The maximum Gasteiger partial charge on any atom is 0.490 e. The van der Waals surface area contributed by atoms with Gasteiger partial charge < -0.3 is 15.3 Å². The van der Waals surface area contributed by atoms with Gasteiger partial charge in [0, 0.05) is 18.7 Å². The first kappa shape index (κ1) is 21.0. The second-order valence-electron chi connectivity index (χ2n) is 5.69. The van der Waals surface area contributed by atoms with Crippen LogP contribution in [-0.2, 0) is 9.59 Å².